The Morgan fingerprint density at radius 3 is 1.83 bits per heavy atom. The van der Waals surface area contributed by atoms with Gasteiger partial charge in [0.05, 0.1) is 0 Å². The molecule has 0 radical (unpaired) electrons. The molecule has 38 valence electrons. The lowest BCUT2D eigenvalue weighted by Crippen LogP contribution is -1.77. The topological polar surface area (TPSA) is 49.7 Å². The fourth-order valence-corrected chi connectivity index (χ4v) is 0. The molecule has 0 fully saturated rings. The van der Waals surface area contributed by atoms with E-state index < -0.39 is 6.72 Å². The Morgan fingerprint density at radius 2 is 1.83 bits per heavy atom. The summed E-state index contributed by atoms with van der Waals surface area (Å²) in [6.45, 7) is -3.25. The van der Waals surface area contributed by atoms with Gasteiger partial charge in [0.2, 0.25) is 0 Å². The van der Waals surface area contributed by atoms with E-state index in [1.54, 1.807) is 0 Å². The number of rotatable bonds is 1. The van der Waals surface area contributed by atoms with E-state index in [4.69, 9.17) is 9.79 Å². The van der Waals surface area contributed by atoms with Gasteiger partial charge in [-0.1, -0.05) is 0 Å². The largest absolute Gasteiger partial charge is 0.363 e. The van der Waals surface area contributed by atoms with Crippen molar-refractivity contribution in [1.82, 2.24) is 0 Å². The molecule has 0 heterocycles. The van der Waals surface area contributed by atoms with Gasteiger partial charge in [-0.2, -0.15) is 0 Å². The lowest BCUT2D eigenvalue weighted by molar-refractivity contribution is 0.384. The molecule has 0 aliphatic heterocycles. The van der Waals surface area contributed by atoms with Gasteiger partial charge in [0.1, 0.15) is 0 Å². The predicted octanol–water partition coefficient (Wildman–Crippen LogP) is -1.51. The van der Waals surface area contributed by atoms with E-state index in [1.165, 1.54) is 0 Å². The SMILES string of the molecule is OP(O)(=S)O[SiH3]. The van der Waals surface area contributed by atoms with Gasteiger partial charge in [-0.3, -0.25) is 0 Å². The van der Waals surface area contributed by atoms with Gasteiger partial charge < -0.3 is 14.0 Å². The second kappa shape index (κ2) is 2.16. The van der Waals surface area contributed by atoms with E-state index in [0.29, 0.717) is 10.5 Å². The highest BCUT2D eigenvalue weighted by molar-refractivity contribution is 8.06. The minimum Gasteiger partial charge on any atom is -0.363 e. The second-order valence-electron chi connectivity index (χ2n) is 0.673. The van der Waals surface area contributed by atoms with Crippen LogP contribution in [0.2, 0.25) is 0 Å². The van der Waals surface area contributed by atoms with Crippen molar-refractivity contribution >= 4 is 29.0 Å². The van der Waals surface area contributed by atoms with Crippen molar-refractivity contribution in [1.29, 1.82) is 0 Å². The van der Waals surface area contributed by atoms with Crippen molar-refractivity contribution in [2.45, 2.75) is 0 Å². The molecular formula is H5O3PSSi. The highest BCUT2D eigenvalue weighted by Gasteiger charge is 1.99. The summed E-state index contributed by atoms with van der Waals surface area (Å²) in [6.07, 6.45) is 0. The van der Waals surface area contributed by atoms with Crippen molar-refractivity contribution < 1.29 is 14.0 Å². The monoisotopic (exact) mass is 144 g/mol. The van der Waals surface area contributed by atoms with Gasteiger partial charge in [-0.25, -0.2) is 0 Å². The van der Waals surface area contributed by atoms with Crippen LogP contribution in [0.25, 0.3) is 0 Å². The summed E-state index contributed by atoms with van der Waals surface area (Å²) in [5.74, 6) is 0. The highest BCUT2D eigenvalue weighted by atomic mass is 32.5. The van der Waals surface area contributed by atoms with Gasteiger partial charge >= 0.3 is 6.72 Å². The Balaban J connectivity index is 3.48. The Bertz CT molecular complexity index is 74.9. The Kier molecular flexibility index (Phi) is 2.43. The number of hydrogen-bond acceptors (Lipinski definition) is 2. The standard InChI is InChI=1S/H5O3PSSi/c1-4(2,5)3-6/h6H3,(H2,1,2,5). The summed E-state index contributed by atoms with van der Waals surface area (Å²) < 4.78 is 4.11. The van der Waals surface area contributed by atoms with Crippen LogP contribution in [-0.2, 0) is 16.0 Å². The fourth-order valence-electron chi connectivity index (χ4n) is 0. The molecule has 0 spiro atoms. The third kappa shape index (κ3) is 4.75. The first-order valence-electron chi connectivity index (χ1n) is 1.17. The molecule has 0 aliphatic carbocycles. The van der Waals surface area contributed by atoms with E-state index in [2.05, 4.69) is 16.0 Å². The van der Waals surface area contributed by atoms with Crippen molar-refractivity contribution in [3.05, 3.63) is 0 Å². The highest BCUT2D eigenvalue weighted by Crippen LogP contribution is 2.33. The van der Waals surface area contributed by atoms with Crippen LogP contribution in [0.15, 0.2) is 0 Å². The van der Waals surface area contributed by atoms with Crippen molar-refractivity contribution in [2.75, 3.05) is 0 Å². The quantitative estimate of drug-likeness (QED) is 0.347. The predicted molar refractivity (Wildman–Crippen MR) is 29.7 cm³/mol. The van der Waals surface area contributed by atoms with Gasteiger partial charge in [-0.05, 0) is 11.8 Å². The number of hydrogen-bond donors (Lipinski definition) is 2. The summed E-state index contributed by atoms with van der Waals surface area (Å²) in [7, 11) is 0.293. The summed E-state index contributed by atoms with van der Waals surface area (Å²) in [5.41, 5.74) is 0. The summed E-state index contributed by atoms with van der Waals surface area (Å²) in [4.78, 5) is 16.2. The zero-order valence-electron chi connectivity index (χ0n) is 3.16. The summed E-state index contributed by atoms with van der Waals surface area (Å²) in [6, 6.07) is 0. The van der Waals surface area contributed by atoms with Crippen LogP contribution in [0, 0.1) is 0 Å². The molecule has 0 saturated heterocycles. The van der Waals surface area contributed by atoms with Crippen LogP contribution in [0.1, 0.15) is 0 Å². The average molecular weight is 144 g/mol. The van der Waals surface area contributed by atoms with Crippen molar-refractivity contribution in [3.8, 4) is 0 Å². The van der Waals surface area contributed by atoms with Crippen molar-refractivity contribution in [3.63, 3.8) is 0 Å². The average Bonchev–Trinajstić information content (AvgIpc) is 1.35. The molecule has 0 aromatic carbocycles. The van der Waals surface area contributed by atoms with E-state index in [-0.39, 0.29) is 0 Å². The molecule has 0 unspecified atom stereocenters. The van der Waals surface area contributed by atoms with Gasteiger partial charge in [0, 0.05) is 0 Å². The van der Waals surface area contributed by atoms with Crippen molar-refractivity contribution in [2.24, 2.45) is 0 Å². The molecular weight excluding hydrogens is 139 g/mol. The molecule has 0 amide bonds. The van der Waals surface area contributed by atoms with Crippen LogP contribution in [-0.4, -0.2) is 20.3 Å². The van der Waals surface area contributed by atoms with Gasteiger partial charge in [-0.15, -0.1) is 0 Å². The summed E-state index contributed by atoms with van der Waals surface area (Å²) >= 11 is 4.02. The second-order valence-corrected chi connectivity index (χ2v) is 4.54. The maximum Gasteiger partial charge on any atom is 0.310 e. The molecule has 0 aromatic rings. The molecule has 0 rings (SSSR count). The third-order valence-corrected chi connectivity index (χ3v) is 3.48. The van der Waals surface area contributed by atoms with Gasteiger partial charge in [0.25, 0.3) is 0 Å². The van der Waals surface area contributed by atoms with E-state index in [1.807, 2.05) is 0 Å². The van der Waals surface area contributed by atoms with Crippen LogP contribution < -0.4 is 0 Å². The fraction of sp³-hybridized carbons (Fsp3) is 0. The zero-order chi connectivity index (χ0) is 5.21. The molecule has 2 N–H and O–H groups in total. The Morgan fingerprint density at radius 1 is 1.67 bits per heavy atom. The molecule has 6 heteroatoms. The molecule has 0 atom stereocenters. The normalized spacial score (nSPS) is 12.3. The summed E-state index contributed by atoms with van der Waals surface area (Å²) in [5, 5.41) is 0. The lowest BCUT2D eigenvalue weighted by Gasteiger charge is -1.99. The first-order chi connectivity index (χ1) is 2.56. The third-order valence-electron chi connectivity index (χ3n) is 0.238. The van der Waals surface area contributed by atoms with Crippen LogP contribution in [0.5, 0.6) is 0 Å². The first-order valence-corrected chi connectivity index (χ1v) is 4.62. The van der Waals surface area contributed by atoms with Crippen LogP contribution in [0.3, 0.4) is 0 Å². The van der Waals surface area contributed by atoms with Gasteiger partial charge in [0.15, 0.2) is 10.5 Å². The molecule has 6 heavy (non-hydrogen) atoms. The van der Waals surface area contributed by atoms with E-state index in [9.17, 15) is 0 Å². The molecule has 3 nitrogen and oxygen atoms in total. The molecule has 0 aliphatic rings. The zero-order valence-corrected chi connectivity index (χ0v) is 6.87. The molecule has 0 aromatic heterocycles. The minimum absolute atomic E-state index is 0.293. The smallest absolute Gasteiger partial charge is 0.310 e. The van der Waals surface area contributed by atoms with E-state index >= 15 is 0 Å². The maximum absolute atomic E-state index is 8.12. The first kappa shape index (κ1) is 6.75. The Labute approximate surface area is 43.8 Å². The molecule has 0 bridgehead atoms. The lowest BCUT2D eigenvalue weighted by atomic mass is 15.8. The van der Waals surface area contributed by atoms with Crippen LogP contribution >= 0.6 is 6.72 Å². The Hall–Kier alpha value is 0.747. The molecule has 0 saturated carbocycles. The maximum atomic E-state index is 8.12. The minimum atomic E-state index is -3.25. The van der Waals surface area contributed by atoms with Crippen LogP contribution in [0.4, 0.5) is 0 Å². The van der Waals surface area contributed by atoms with E-state index in [0.717, 1.165) is 0 Å².